The highest BCUT2D eigenvalue weighted by Crippen LogP contribution is 2.25. The number of halogens is 2. The molecule has 0 aromatic carbocycles. The first-order chi connectivity index (χ1) is 5.77. The molecule has 0 radical (unpaired) electrons. The Morgan fingerprint density at radius 1 is 1.62 bits per heavy atom. The van der Waals surface area contributed by atoms with Crippen LogP contribution in [0.3, 0.4) is 0 Å². The number of carboxylic acids is 1. The van der Waals surface area contributed by atoms with Gasteiger partial charge in [-0.05, 0) is 31.9 Å². The number of allylic oxidation sites excluding steroid dienone is 1. The lowest BCUT2D eigenvalue weighted by molar-refractivity contribution is -0.132. The van der Waals surface area contributed by atoms with Gasteiger partial charge in [-0.1, -0.05) is 22.0 Å². The molecule has 3 nitrogen and oxygen atoms in total. The van der Waals surface area contributed by atoms with E-state index in [1.165, 1.54) is 13.0 Å². The topological polar surface area (TPSA) is 54.4 Å². The van der Waals surface area contributed by atoms with Crippen molar-refractivity contribution < 1.29 is 14.7 Å². The second-order valence-electron chi connectivity index (χ2n) is 2.87. The van der Waals surface area contributed by atoms with E-state index >= 15 is 0 Å². The smallest absolute Gasteiger partial charge is 0.330 e. The third-order valence-corrected chi connectivity index (χ3v) is 2.87. The van der Waals surface area contributed by atoms with E-state index in [0.717, 1.165) is 0 Å². The van der Waals surface area contributed by atoms with Crippen molar-refractivity contribution in [3.63, 3.8) is 0 Å². The van der Waals surface area contributed by atoms with Gasteiger partial charge in [0.15, 0.2) is 0 Å². The molecular formula is C8H10BrClO3. The van der Waals surface area contributed by atoms with Gasteiger partial charge in [-0.15, -0.1) is 0 Å². The number of aliphatic carboxylic acids is 1. The van der Waals surface area contributed by atoms with Crippen molar-refractivity contribution in [3.05, 3.63) is 11.6 Å². The molecule has 74 valence electrons. The summed E-state index contributed by atoms with van der Waals surface area (Å²) in [5, 5.41) is 7.98. The first-order valence-corrected chi connectivity index (χ1v) is 4.73. The molecule has 0 aliphatic rings. The van der Waals surface area contributed by atoms with Gasteiger partial charge in [0.05, 0.1) is 0 Å². The number of hydrogen-bond donors (Lipinski definition) is 1. The molecule has 0 aromatic rings. The van der Waals surface area contributed by atoms with Gasteiger partial charge in [0.25, 0.3) is 0 Å². The number of hydrogen-bond acceptors (Lipinski definition) is 2. The maximum Gasteiger partial charge on any atom is 0.330 e. The van der Waals surface area contributed by atoms with Crippen LogP contribution in [0.15, 0.2) is 11.6 Å². The molecule has 0 aliphatic heterocycles. The summed E-state index contributed by atoms with van der Waals surface area (Å²) in [6, 6.07) is 0. The van der Waals surface area contributed by atoms with Gasteiger partial charge < -0.3 is 5.11 Å². The number of carboxylic acid groups (broad SMARTS) is 1. The lowest BCUT2D eigenvalue weighted by Gasteiger charge is -2.14. The van der Waals surface area contributed by atoms with E-state index in [9.17, 15) is 9.59 Å². The van der Waals surface area contributed by atoms with Gasteiger partial charge in [-0.3, -0.25) is 4.79 Å². The van der Waals surface area contributed by atoms with Crippen molar-refractivity contribution in [2.45, 2.75) is 24.6 Å². The van der Waals surface area contributed by atoms with Crippen LogP contribution in [0.4, 0.5) is 0 Å². The number of carbonyl (C=O) groups excluding carboxylic acids is 1. The molecule has 1 N–H and O–H groups in total. The second-order valence-corrected chi connectivity index (χ2v) is 4.96. The quantitative estimate of drug-likeness (QED) is 0.484. The van der Waals surface area contributed by atoms with Crippen molar-refractivity contribution in [2.75, 3.05) is 0 Å². The Hall–Kier alpha value is -0.350. The van der Waals surface area contributed by atoms with Crippen LogP contribution in [0, 0.1) is 0 Å². The summed E-state index contributed by atoms with van der Waals surface area (Å²) in [4.78, 5) is 21.2. The minimum atomic E-state index is -0.995. The minimum absolute atomic E-state index is 0.198. The molecule has 0 saturated heterocycles. The van der Waals surface area contributed by atoms with Crippen molar-refractivity contribution >= 4 is 38.7 Å². The fourth-order valence-corrected chi connectivity index (χ4v) is 0.751. The first-order valence-electron chi connectivity index (χ1n) is 3.56. The Bertz CT molecular complexity index is 258. The second kappa shape index (κ2) is 4.77. The van der Waals surface area contributed by atoms with Gasteiger partial charge >= 0.3 is 5.97 Å². The van der Waals surface area contributed by atoms with Gasteiger partial charge in [0.1, 0.15) is 4.32 Å². The molecule has 13 heavy (non-hydrogen) atoms. The van der Waals surface area contributed by atoms with Crippen LogP contribution in [0.5, 0.6) is 0 Å². The van der Waals surface area contributed by atoms with E-state index in [1.807, 2.05) is 0 Å². The van der Waals surface area contributed by atoms with Gasteiger partial charge in [-0.2, -0.15) is 0 Å². The van der Waals surface area contributed by atoms with E-state index in [0.29, 0.717) is 0 Å². The molecular weight excluding hydrogens is 259 g/mol. The molecule has 1 unspecified atom stereocenters. The molecule has 5 heteroatoms. The van der Waals surface area contributed by atoms with Crippen LogP contribution < -0.4 is 0 Å². The molecule has 0 aliphatic carbocycles. The van der Waals surface area contributed by atoms with E-state index in [-0.39, 0.29) is 12.0 Å². The standard InChI is InChI=1S/C8H10BrClO3/c1-5(6(11)12)3-4-8(2,9)7(10)13/h3H,4H2,1-2H3,(H,11,12)/b5-3+. The van der Waals surface area contributed by atoms with Gasteiger partial charge in [-0.25, -0.2) is 4.79 Å². The summed E-state index contributed by atoms with van der Waals surface area (Å²) >= 11 is 8.37. The summed E-state index contributed by atoms with van der Waals surface area (Å²) in [5.41, 5.74) is 0.198. The van der Waals surface area contributed by atoms with Crippen LogP contribution >= 0.6 is 27.5 Å². The van der Waals surface area contributed by atoms with Crippen molar-refractivity contribution in [1.29, 1.82) is 0 Å². The third kappa shape index (κ3) is 4.43. The summed E-state index contributed by atoms with van der Waals surface area (Å²) in [6.07, 6.45) is 1.71. The van der Waals surface area contributed by atoms with Crippen LogP contribution in [0.2, 0.25) is 0 Å². The van der Waals surface area contributed by atoms with Crippen molar-refractivity contribution in [2.24, 2.45) is 0 Å². The molecule has 0 saturated carbocycles. The molecule has 0 rings (SSSR count). The SMILES string of the molecule is C/C(=C\CC(C)(Br)C(=O)Cl)C(=O)O. The predicted octanol–water partition coefficient (Wildman–Crippen LogP) is 2.33. The number of alkyl halides is 1. The van der Waals surface area contributed by atoms with Gasteiger partial charge in [0, 0.05) is 5.57 Å². The molecule has 0 bridgehead atoms. The van der Waals surface area contributed by atoms with Crippen LogP contribution in [0.1, 0.15) is 20.3 Å². The Morgan fingerprint density at radius 3 is 2.38 bits per heavy atom. The highest BCUT2D eigenvalue weighted by molar-refractivity contribution is 9.10. The maximum absolute atomic E-state index is 10.8. The van der Waals surface area contributed by atoms with Crippen molar-refractivity contribution in [3.8, 4) is 0 Å². The fraction of sp³-hybridized carbons (Fsp3) is 0.500. The zero-order chi connectivity index (χ0) is 10.6. The zero-order valence-electron chi connectivity index (χ0n) is 7.30. The fourth-order valence-electron chi connectivity index (χ4n) is 0.512. The lowest BCUT2D eigenvalue weighted by atomic mass is 10.1. The van der Waals surface area contributed by atoms with E-state index in [4.69, 9.17) is 16.7 Å². The molecule has 0 spiro atoms. The highest BCUT2D eigenvalue weighted by atomic mass is 79.9. The minimum Gasteiger partial charge on any atom is -0.478 e. The van der Waals surface area contributed by atoms with Crippen LogP contribution in [-0.2, 0) is 9.59 Å². The molecule has 0 amide bonds. The summed E-state index contributed by atoms with van der Waals surface area (Å²) in [6.45, 7) is 3.05. The average Bonchev–Trinajstić information content (AvgIpc) is 1.99. The van der Waals surface area contributed by atoms with Crippen LogP contribution in [-0.4, -0.2) is 20.6 Å². The van der Waals surface area contributed by atoms with E-state index in [2.05, 4.69) is 15.9 Å². The number of rotatable bonds is 4. The maximum atomic E-state index is 10.8. The highest BCUT2D eigenvalue weighted by Gasteiger charge is 2.26. The summed E-state index contributed by atoms with van der Waals surface area (Å²) < 4.78 is -0.884. The van der Waals surface area contributed by atoms with Gasteiger partial charge in [0.2, 0.25) is 5.24 Å². The Labute approximate surface area is 89.9 Å². The predicted molar refractivity (Wildman–Crippen MR) is 54.2 cm³/mol. The normalized spacial score (nSPS) is 16.5. The average molecular weight is 270 g/mol. The molecule has 0 aromatic heterocycles. The largest absolute Gasteiger partial charge is 0.478 e. The molecule has 0 fully saturated rings. The summed E-state index contributed by atoms with van der Waals surface area (Å²) in [7, 11) is 0. The lowest BCUT2D eigenvalue weighted by Crippen LogP contribution is -2.22. The Kier molecular flexibility index (Phi) is 4.64. The Balaban J connectivity index is 4.39. The van der Waals surface area contributed by atoms with E-state index in [1.54, 1.807) is 6.92 Å². The summed E-state index contributed by atoms with van der Waals surface area (Å²) in [5.74, 6) is -0.995. The van der Waals surface area contributed by atoms with Crippen molar-refractivity contribution in [1.82, 2.24) is 0 Å². The molecule has 1 atom stereocenters. The first kappa shape index (κ1) is 12.7. The Morgan fingerprint density at radius 2 is 2.08 bits per heavy atom. The zero-order valence-corrected chi connectivity index (χ0v) is 9.65. The third-order valence-electron chi connectivity index (χ3n) is 1.54. The molecule has 0 heterocycles. The van der Waals surface area contributed by atoms with E-state index < -0.39 is 15.5 Å². The number of carbonyl (C=O) groups is 2. The van der Waals surface area contributed by atoms with Crippen LogP contribution in [0.25, 0.3) is 0 Å². The monoisotopic (exact) mass is 268 g/mol.